The van der Waals surface area contributed by atoms with Crippen molar-refractivity contribution < 1.29 is 19.4 Å². The molecule has 0 bridgehead atoms. The van der Waals surface area contributed by atoms with Gasteiger partial charge < -0.3 is 14.7 Å². The summed E-state index contributed by atoms with van der Waals surface area (Å²) in [6.07, 6.45) is 0.682. The SMILES string of the molecule is CC(=NCCN1CCN(C(=O)OC(C)(C)C)CC1)C1=C(O)CC(C)(C)CC1=O. The minimum absolute atomic E-state index is 0.0269. The summed E-state index contributed by atoms with van der Waals surface area (Å²) in [6.45, 7) is 15.5. The molecule has 7 nitrogen and oxygen atoms in total. The number of aliphatic imine (C=N–C) groups is 1. The second-order valence-corrected chi connectivity index (χ2v) is 9.54. The predicted octanol–water partition coefficient (Wildman–Crippen LogP) is 3.20. The molecule has 1 amide bonds. The molecule has 2 aliphatic rings. The standard InChI is InChI=1S/C21H35N3O4/c1-15(18-16(25)13-21(5,6)14-17(18)26)22-7-8-23-9-11-24(12-10-23)19(27)28-20(2,3)4/h25H,7-14H2,1-6H3. The van der Waals surface area contributed by atoms with Crippen molar-refractivity contribution in [2.75, 3.05) is 39.3 Å². The molecule has 2 rings (SSSR count). The number of carbonyl (C=O) groups excluding carboxylic acids is 2. The van der Waals surface area contributed by atoms with E-state index in [-0.39, 0.29) is 23.1 Å². The van der Waals surface area contributed by atoms with Crippen molar-refractivity contribution in [2.45, 2.75) is 60.0 Å². The summed E-state index contributed by atoms with van der Waals surface area (Å²) in [6, 6.07) is 0. The van der Waals surface area contributed by atoms with Crippen LogP contribution >= 0.6 is 0 Å². The maximum absolute atomic E-state index is 12.4. The van der Waals surface area contributed by atoms with Crippen LogP contribution in [0, 0.1) is 5.41 Å². The number of aliphatic hydroxyl groups excluding tert-OH is 1. The van der Waals surface area contributed by atoms with Crippen molar-refractivity contribution in [1.82, 2.24) is 9.80 Å². The second kappa shape index (κ2) is 8.64. The zero-order valence-corrected chi connectivity index (χ0v) is 18.2. The molecular formula is C21H35N3O4. The van der Waals surface area contributed by atoms with Crippen LogP contribution in [0.15, 0.2) is 16.3 Å². The largest absolute Gasteiger partial charge is 0.511 e. The Morgan fingerprint density at radius 3 is 2.32 bits per heavy atom. The molecule has 0 aromatic heterocycles. The van der Waals surface area contributed by atoms with Crippen LogP contribution in [0.5, 0.6) is 0 Å². The average Bonchev–Trinajstić information content (AvgIpc) is 2.51. The minimum Gasteiger partial charge on any atom is -0.511 e. The first-order valence-electron chi connectivity index (χ1n) is 10.0. The molecule has 28 heavy (non-hydrogen) atoms. The molecule has 0 spiro atoms. The average molecular weight is 394 g/mol. The highest BCUT2D eigenvalue weighted by atomic mass is 16.6. The van der Waals surface area contributed by atoms with Gasteiger partial charge in [0.2, 0.25) is 0 Å². The van der Waals surface area contributed by atoms with Gasteiger partial charge in [-0.1, -0.05) is 13.8 Å². The number of Topliss-reactive ketones (excluding diaryl/α,β-unsaturated/α-hetero) is 1. The van der Waals surface area contributed by atoms with Gasteiger partial charge in [0.15, 0.2) is 5.78 Å². The van der Waals surface area contributed by atoms with Crippen LogP contribution in [0.2, 0.25) is 0 Å². The number of carbonyl (C=O) groups is 2. The number of amides is 1. The van der Waals surface area contributed by atoms with Crippen LogP contribution in [-0.2, 0) is 9.53 Å². The molecule has 1 aliphatic heterocycles. The molecule has 0 atom stereocenters. The summed E-state index contributed by atoms with van der Waals surface area (Å²) in [4.78, 5) is 33.0. The topological polar surface area (TPSA) is 82.4 Å². The third-order valence-corrected chi connectivity index (χ3v) is 5.00. The fourth-order valence-corrected chi connectivity index (χ4v) is 3.62. The van der Waals surface area contributed by atoms with E-state index < -0.39 is 5.60 Å². The van der Waals surface area contributed by atoms with Crippen LogP contribution < -0.4 is 0 Å². The molecule has 0 saturated carbocycles. The van der Waals surface area contributed by atoms with E-state index in [0.717, 1.165) is 19.6 Å². The fourth-order valence-electron chi connectivity index (χ4n) is 3.62. The highest BCUT2D eigenvalue weighted by molar-refractivity contribution is 6.22. The first-order valence-corrected chi connectivity index (χ1v) is 10.0. The maximum Gasteiger partial charge on any atom is 0.410 e. The molecule has 0 aromatic carbocycles. The summed E-state index contributed by atoms with van der Waals surface area (Å²) < 4.78 is 5.41. The smallest absolute Gasteiger partial charge is 0.410 e. The number of aliphatic hydroxyl groups is 1. The van der Waals surface area contributed by atoms with Gasteiger partial charge in [-0.05, 0) is 33.1 Å². The van der Waals surface area contributed by atoms with E-state index in [0.29, 0.717) is 43.8 Å². The lowest BCUT2D eigenvalue weighted by Crippen LogP contribution is -2.50. The predicted molar refractivity (Wildman–Crippen MR) is 110 cm³/mol. The van der Waals surface area contributed by atoms with Crippen molar-refractivity contribution in [3.8, 4) is 0 Å². The molecular weight excluding hydrogens is 358 g/mol. The van der Waals surface area contributed by atoms with E-state index >= 15 is 0 Å². The summed E-state index contributed by atoms with van der Waals surface area (Å²) >= 11 is 0. The third-order valence-electron chi connectivity index (χ3n) is 5.00. The lowest BCUT2D eigenvalue weighted by Gasteiger charge is -2.35. The van der Waals surface area contributed by atoms with Crippen molar-refractivity contribution in [1.29, 1.82) is 0 Å². The van der Waals surface area contributed by atoms with Gasteiger partial charge in [-0.2, -0.15) is 0 Å². The highest BCUT2D eigenvalue weighted by Gasteiger charge is 2.34. The van der Waals surface area contributed by atoms with Crippen LogP contribution in [0.3, 0.4) is 0 Å². The van der Waals surface area contributed by atoms with E-state index in [4.69, 9.17) is 4.74 Å². The number of piperazine rings is 1. The molecule has 1 heterocycles. The fraction of sp³-hybridized carbons (Fsp3) is 0.762. The normalized spacial score (nSPS) is 21.9. The summed E-state index contributed by atoms with van der Waals surface area (Å²) in [5, 5.41) is 10.3. The Kier molecular flexibility index (Phi) is 6.91. The molecule has 1 fully saturated rings. The van der Waals surface area contributed by atoms with Crippen molar-refractivity contribution in [2.24, 2.45) is 10.4 Å². The van der Waals surface area contributed by atoms with Crippen molar-refractivity contribution in [3.05, 3.63) is 11.3 Å². The number of ether oxygens (including phenoxy) is 1. The van der Waals surface area contributed by atoms with E-state index in [2.05, 4.69) is 9.89 Å². The Morgan fingerprint density at radius 1 is 1.18 bits per heavy atom. The molecule has 0 unspecified atom stereocenters. The number of hydrogen-bond donors (Lipinski definition) is 1. The lowest BCUT2D eigenvalue weighted by molar-refractivity contribution is -0.117. The Morgan fingerprint density at radius 2 is 1.79 bits per heavy atom. The van der Waals surface area contributed by atoms with Gasteiger partial charge in [0.25, 0.3) is 0 Å². The zero-order valence-electron chi connectivity index (χ0n) is 18.2. The van der Waals surface area contributed by atoms with Crippen LogP contribution in [0.1, 0.15) is 54.4 Å². The third kappa shape index (κ3) is 6.33. The van der Waals surface area contributed by atoms with Gasteiger partial charge in [-0.15, -0.1) is 0 Å². The van der Waals surface area contributed by atoms with Crippen LogP contribution in [0.25, 0.3) is 0 Å². The molecule has 7 heteroatoms. The Hall–Kier alpha value is -1.89. The van der Waals surface area contributed by atoms with Crippen molar-refractivity contribution >= 4 is 17.6 Å². The van der Waals surface area contributed by atoms with Gasteiger partial charge >= 0.3 is 6.09 Å². The number of nitrogens with zero attached hydrogens (tertiary/aromatic N) is 3. The van der Waals surface area contributed by atoms with E-state index in [9.17, 15) is 14.7 Å². The Balaban J connectivity index is 1.83. The van der Waals surface area contributed by atoms with Gasteiger partial charge in [0.1, 0.15) is 11.4 Å². The molecule has 1 saturated heterocycles. The number of allylic oxidation sites excluding steroid dienone is 2. The lowest BCUT2D eigenvalue weighted by atomic mass is 9.76. The molecule has 1 aliphatic carbocycles. The van der Waals surface area contributed by atoms with E-state index in [1.54, 1.807) is 11.8 Å². The maximum atomic E-state index is 12.4. The number of rotatable bonds is 4. The second-order valence-electron chi connectivity index (χ2n) is 9.54. The van der Waals surface area contributed by atoms with Gasteiger partial charge in [0.05, 0.1) is 12.1 Å². The summed E-state index contributed by atoms with van der Waals surface area (Å²) in [5.74, 6) is 0.134. The number of hydrogen-bond acceptors (Lipinski definition) is 6. The first kappa shape index (κ1) is 22.4. The Labute approximate surface area is 168 Å². The molecule has 1 N–H and O–H groups in total. The summed E-state index contributed by atoms with van der Waals surface area (Å²) in [7, 11) is 0. The minimum atomic E-state index is -0.480. The molecule has 158 valence electrons. The Bertz CT molecular complexity index is 666. The van der Waals surface area contributed by atoms with E-state index in [1.807, 2.05) is 34.6 Å². The van der Waals surface area contributed by atoms with E-state index in [1.165, 1.54) is 0 Å². The van der Waals surface area contributed by atoms with Gasteiger partial charge in [-0.25, -0.2) is 4.79 Å². The van der Waals surface area contributed by atoms with Crippen LogP contribution in [0.4, 0.5) is 4.79 Å². The summed E-state index contributed by atoms with van der Waals surface area (Å²) in [5.41, 5.74) is 0.338. The first-order chi connectivity index (χ1) is 12.9. The molecule has 0 radical (unpaired) electrons. The quantitative estimate of drug-likeness (QED) is 0.742. The van der Waals surface area contributed by atoms with Crippen molar-refractivity contribution in [3.63, 3.8) is 0 Å². The van der Waals surface area contributed by atoms with Gasteiger partial charge in [0, 0.05) is 51.3 Å². The van der Waals surface area contributed by atoms with Crippen LogP contribution in [-0.4, -0.2) is 77.4 Å². The monoisotopic (exact) mass is 393 g/mol. The van der Waals surface area contributed by atoms with Gasteiger partial charge in [-0.3, -0.25) is 14.7 Å². The highest BCUT2D eigenvalue weighted by Crippen LogP contribution is 2.36. The zero-order chi connectivity index (χ0) is 21.1. The number of ketones is 1. The molecule has 0 aromatic rings.